The molecule has 3 aromatic rings. The van der Waals surface area contributed by atoms with Gasteiger partial charge in [-0.2, -0.15) is 18.3 Å². The molecule has 0 aromatic carbocycles. The van der Waals surface area contributed by atoms with Crippen LogP contribution >= 0.6 is 11.3 Å². The number of hydrogen-bond donors (Lipinski definition) is 0. The number of carbonyl (C=O) groups is 1. The predicted octanol–water partition coefficient (Wildman–Crippen LogP) is 2.84. The second kappa shape index (κ2) is 8.75. The Labute approximate surface area is 181 Å². The van der Waals surface area contributed by atoms with E-state index in [0.717, 1.165) is 28.9 Å². The number of carbonyl (C=O) groups excluding carboxylic acids is 1. The van der Waals surface area contributed by atoms with Crippen molar-refractivity contribution in [3.05, 3.63) is 53.1 Å². The van der Waals surface area contributed by atoms with Gasteiger partial charge < -0.3 is 4.90 Å². The maximum absolute atomic E-state index is 12.9. The van der Waals surface area contributed by atoms with Gasteiger partial charge in [-0.15, -0.1) is 11.3 Å². The molecule has 3 aromatic heterocycles. The third-order valence-electron chi connectivity index (χ3n) is 5.14. The predicted molar refractivity (Wildman–Crippen MR) is 109 cm³/mol. The quantitative estimate of drug-likeness (QED) is 0.598. The van der Waals surface area contributed by atoms with Gasteiger partial charge in [0, 0.05) is 63.2 Å². The van der Waals surface area contributed by atoms with E-state index in [4.69, 9.17) is 0 Å². The van der Waals surface area contributed by atoms with Crippen LogP contribution in [0.5, 0.6) is 0 Å². The van der Waals surface area contributed by atoms with Crippen molar-refractivity contribution in [2.24, 2.45) is 7.05 Å². The third-order valence-corrected chi connectivity index (χ3v) is 6.23. The first-order chi connectivity index (χ1) is 14.8. The summed E-state index contributed by atoms with van der Waals surface area (Å²) in [5.41, 5.74) is 0.218. The van der Waals surface area contributed by atoms with Gasteiger partial charge in [0.25, 0.3) is 0 Å². The van der Waals surface area contributed by atoms with E-state index >= 15 is 0 Å². The highest BCUT2D eigenvalue weighted by atomic mass is 32.1. The summed E-state index contributed by atoms with van der Waals surface area (Å²) in [5, 5.41) is 3.58. The molecule has 31 heavy (non-hydrogen) atoms. The molecule has 11 heteroatoms. The van der Waals surface area contributed by atoms with Gasteiger partial charge in [0.1, 0.15) is 0 Å². The molecule has 1 amide bonds. The number of aromatic nitrogens is 4. The van der Waals surface area contributed by atoms with Crippen LogP contribution in [0.3, 0.4) is 0 Å². The molecule has 0 atom stereocenters. The lowest BCUT2D eigenvalue weighted by Crippen LogP contribution is -2.48. The molecule has 164 valence electrons. The zero-order valence-electron chi connectivity index (χ0n) is 16.8. The fourth-order valence-corrected chi connectivity index (χ4v) is 4.60. The van der Waals surface area contributed by atoms with E-state index in [0.29, 0.717) is 31.0 Å². The molecule has 7 nitrogen and oxygen atoms in total. The standard InChI is InChI=1S/C20H21F3N6OS/c1-27-16(11-18(26-27)20(21,22)23)17-3-2-15(31-17)13-28-6-8-29(9-7-28)19(30)10-14-12-24-4-5-25-14/h2-5,11-12H,6-10,13H2,1H3. The van der Waals surface area contributed by atoms with Gasteiger partial charge in [0.2, 0.25) is 5.91 Å². The van der Waals surface area contributed by atoms with E-state index in [9.17, 15) is 18.0 Å². The highest BCUT2D eigenvalue weighted by molar-refractivity contribution is 7.15. The second-order valence-corrected chi connectivity index (χ2v) is 8.50. The Morgan fingerprint density at radius 1 is 1.16 bits per heavy atom. The molecule has 0 N–H and O–H groups in total. The van der Waals surface area contributed by atoms with E-state index in [1.165, 1.54) is 23.1 Å². The van der Waals surface area contributed by atoms with Crippen molar-refractivity contribution in [1.29, 1.82) is 0 Å². The number of nitrogens with zero attached hydrogens (tertiary/aromatic N) is 6. The zero-order chi connectivity index (χ0) is 22.0. The molecule has 0 bridgehead atoms. The fourth-order valence-electron chi connectivity index (χ4n) is 3.50. The monoisotopic (exact) mass is 450 g/mol. The van der Waals surface area contributed by atoms with E-state index in [-0.39, 0.29) is 12.3 Å². The number of hydrogen-bond acceptors (Lipinski definition) is 6. The summed E-state index contributed by atoms with van der Waals surface area (Å²) >= 11 is 1.46. The average Bonchev–Trinajstić information content (AvgIpc) is 3.35. The summed E-state index contributed by atoms with van der Waals surface area (Å²) in [4.78, 5) is 26.5. The zero-order valence-corrected chi connectivity index (χ0v) is 17.7. The van der Waals surface area contributed by atoms with Gasteiger partial charge in [0.05, 0.1) is 22.7 Å². The number of alkyl halides is 3. The molecule has 0 aliphatic carbocycles. The number of thiophene rings is 1. The number of amides is 1. The van der Waals surface area contributed by atoms with Crippen molar-refractivity contribution < 1.29 is 18.0 Å². The van der Waals surface area contributed by atoms with E-state index < -0.39 is 11.9 Å². The van der Waals surface area contributed by atoms with E-state index in [1.807, 2.05) is 17.0 Å². The largest absolute Gasteiger partial charge is 0.435 e. The topological polar surface area (TPSA) is 67.2 Å². The summed E-state index contributed by atoms with van der Waals surface area (Å²) in [6.45, 7) is 3.44. The Bertz CT molecular complexity index is 1040. The van der Waals surface area contributed by atoms with Gasteiger partial charge in [-0.05, 0) is 18.2 Å². The molecule has 1 aliphatic heterocycles. The lowest BCUT2D eigenvalue weighted by atomic mass is 10.2. The van der Waals surface area contributed by atoms with E-state index in [2.05, 4.69) is 20.0 Å². The maximum Gasteiger partial charge on any atom is 0.435 e. The molecule has 0 saturated carbocycles. The van der Waals surface area contributed by atoms with E-state index in [1.54, 1.807) is 18.6 Å². The van der Waals surface area contributed by atoms with Crippen molar-refractivity contribution in [1.82, 2.24) is 29.5 Å². The van der Waals surface area contributed by atoms with Crippen LogP contribution in [0.15, 0.2) is 36.8 Å². The molecular weight excluding hydrogens is 429 g/mol. The Morgan fingerprint density at radius 2 is 1.94 bits per heavy atom. The maximum atomic E-state index is 12.9. The summed E-state index contributed by atoms with van der Waals surface area (Å²) < 4.78 is 40.0. The van der Waals surface area contributed by atoms with Crippen LogP contribution in [0.1, 0.15) is 16.3 Å². The lowest BCUT2D eigenvalue weighted by molar-refractivity contribution is -0.141. The normalized spacial score (nSPS) is 15.4. The highest BCUT2D eigenvalue weighted by Gasteiger charge is 2.34. The number of piperazine rings is 1. The lowest BCUT2D eigenvalue weighted by Gasteiger charge is -2.34. The van der Waals surface area contributed by atoms with Crippen molar-refractivity contribution in [2.75, 3.05) is 26.2 Å². The van der Waals surface area contributed by atoms with Crippen LogP contribution in [0.4, 0.5) is 13.2 Å². The van der Waals surface area contributed by atoms with Crippen LogP contribution in [-0.4, -0.2) is 61.6 Å². The summed E-state index contributed by atoms with van der Waals surface area (Å²) in [5.74, 6) is 0.0373. The smallest absolute Gasteiger partial charge is 0.340 e. The van der Waals surface area contributed by atoms with Crippen LogP contribution < -0.4 is 0 Å². The van der Waals surface area contributed by atoms with Crippen molar-refractivity contribution in [3.63, 3.8) is 0 Å². The number of rotatable bonds is 5. The highest BCUT2D eigenvalue weighted by Crippen LogP contribution is 2.34. The average molecular weight is 450 g/mol. The Kier molecular flexibility index (Phi) is 6.05. The minimum atomic E-state index is -4.46. The molecular formula is C20H21F3N6OS. The fraction of sp³-hybridized carbons (Fsp3) is 0.400. The molecule has 4 rings (SSSR count). The van der Waals surface area contributed by atoms with Crippen molar-refractivity contribution in [2.45, 2.75) is 19.1 Å². The van der Waals surface area contributed by atoms with Crippen LogP contribution in [0.25, 0.3) is 10.6 Å². The molecule has 1 aliphatic rings. The van der Waals surface area contributed by atoms with Crippen molar-refractivity contribution in [3.8, 4) is 10.6 Å². The molecule has 1 fully saturated rings. The Morgan fingerprint density at radius 3 is 2.58 bits per heavy atom. The first kappa shape index (κ1) is 21.4. The molecule has 0 spiro atoms. The van der Waals surface area contributed by atoms with Gasteiger partial charge >= 0.3 is 6.18 Å². The third kappa shape index (κ3) is 5.10. The van der Waals surface area contributed by atoms with Gasteiger partial charge in [-0.1, -0.05) is 0 Å². The SMILES string of the molecule is Cn1nc(C(F)(F)F)cc1-c1ccc(CN2CCN(C(=O)Cc3cnccn3)CC2)s1. The second-order valence-electron chi connectivity index (χ2n) is 7.33. The Hall–Kier alpha value is -2.79. The summed E-state index contributed by atoms with van der Waals surface area (Å²) in [7, 11) is 1.52. The van der Waals surface area contributed by atoms with Crippen LogP contribution in [-0.2, 0) is 31.0 Å². The molecule has 0 unspecified atom stereocenters. The minimum Gasteiger partial charge on any atom is -0.340 e. The summed E-state index contributed by atoms with van der Waals surface area (Å²) in [6, 6.07) is 4.85. The van der Waals surface area contributed by atoms with Gasteiger partial charge in [-0.3, -0.25) is 24.3 Å². The first-order valence-electron chi connectivity index (χ1n) is 9.75. The Balaban J connectivity index is 1.32. The minimum absolute atomic E-state index is 0.0373. The van der Waals surface area contributed by atoms with Gasteiger partial charge in [0.15, 0.2) is 5.69 Å². The molecule has 1 saturated heterocycles. The molecule has 0 radical (unpaired) electrons. The van der Waals surface area contributed by atoms with Crippen molar-refractivity contribution >= 4 is 17.2 Å². The number of aryl methyl sites for hydroxylation is 1. The van der Waals surface area contributed by atoms with Gasteiger partial charge in [-0.25, -0.2) is 0 Å². The summed E-state index contributed by atoms with van der Waals surface area (Å²) in [6.07, 6.45) is 0.535. The first-order valence-corrected chi connectivity index (χ1v) is 10.6. The van der Waals surface area contributed by atoms with Crippen LogP contribution in [0, 0.1) is 0 Å². The number of halogens is 3. The molecule has 4 heterocycles. The van der Waals surface area contributed by atoms with Crippen LogP contribution in [0.2, 0.25) is 0 Å².